The summed E-state index contributed by atoms with van der Waals surface area (Å²) in [7, 11) is 0. The molecule has 0 aromatic carbocycles. The first-order chi connectivity index (χ1) is 6.22. The van der Waals surface area contributed by atoms with E-state index in [2.05, 4.69) is 5.10 Å². The Balaban J connectivity index is 2.32. The van der Waals surface area contributed by atoms with Gasteiger partial charge in [-0.1, -0.05) is 0 Å². The summed E-state index contributed by atoms with van der Waals surface area (Å²) in [5, 5.41) is 12.3. The van der Waals surface area contributed by atoms with Crippen molar-refractivity contribution in [3.05, 3.63) is 18.0 Å². The van der Waals surface area contributed by atoms with Crippen LogP contribution in [-0.4, -0.2) is 27.5 Å². The highest BCUT2D eigenvalue weighted by atomic mass is 16.5. The molecule has 0 saturated heterocycles. The van der Waals surface area contributed by atoms with Crippen molar-refractivity contribution >= 4 is 5.97 Å². The van der Waals surface area contributed by atoms with Gasteiger partial charge in [-0.25, -0.2) is 4.79 Å². The molecule has 0 spiro atoms. The standard InChI is InChI=1S/C8H12N2O3/c1-2-10-4-7(3-9-10)5-13-6-8(11)12/h3-4H,2,5-6H2,1H3,(H,11,12). The molecule has 0 aliphatic rings. The van der Waals surface area contributed by atoms with Crippen LogP contribution < -0.4 is 0 Å². The number of hydrogen-bond donors (Lipinski definition) is 1. The van der Waals surface area contributed by atoms with Crippen LogP contribution in [0.4, 0.5) is 0 Å². The third-order valence-corrected chi connectivity index (χ3v) is 1.50. The molecule has 1 aromatic rings. The Bertz CT molecular complexity index is 283. The summed E-state index contributed by atoms with van der Waals surface area (Å²) in [6.07, 6.45) is 3.51. The fraction of sp³-hybridized carbons (Fsp3) is 0.500. The average molecular weight is 184 g/mol. The lowest BCUT2D eigenvalue weighted by molar-refractivity contribution is -0.142. The van der Waals surface area contributed by atoms with Gasteiger partial charge < -0.3 is 9.84 Å². The van der Waals surface area contributed by atoms with Gasteiger partial charge in [0.2, 0.25) is 0 Å². The van der Waals surface area contributed by atoms with Crippen molar-refractivity contribution in [1.29, 1.82) is 0 Å². The highest BCUT2D eigenvalue weighted by Crippen LogP contribution is 1.99. The Morgan fingerprint density at radius 2 is 2.54 bits per heavy atom. The Kier molecular flexibility index (Phi) is 3.45. The van der Waals surface area contributed by atoms with Gasteiger partial charge in [-0.3, -0.25) is 4.68 Å². The van der Waals surface area contributed by atoms with Gasteiger partial charge in [0.15, 0.2) is 0 Å². The van der Waals surface area contributed by atoms with Crippen molar-refractivity contribution < 1.29 is 14.6 Å². The minimum absolute atomic E-state index is 0.267. The van der Waals surface area contributed by atoms with Gasteiger partial charge in [0, 0.05) is 18.3 Å². The number of aryl methyl sites for hydroxylation is 1. The van der Waals surface area contributed by atoms with E-state index in [0.29, 0.717) is 6.61 Å². The summed E-state index contributed by atoms with van der Waals surface area (Å²) in [6, 6.07) is 0. The summed E-state index contributed by atoms with van der Waals surface area (Å²) in [6.45, 7) is 2.82. The van der Waals surface area contributed by atoms with Gasteiger partial charge in [-0.05, 0) is 6.92 Å². The summed E-state index contributed by atoms with van der Waals surface area (Å²) >= 11 is 0. The number of aliphatic carboxylic acids is 1. The maximum absolute atomic E-state index is 10.1. The van der Waals surface area contributed by atoms with Crippen molar-refractivity contribution in [2.24, 2.45) is 0 Å². The second-order valence-electron chi connectivity index (χ2n) is 2.59. The lowest BCUT2D eigenvalue weighted by Crippen LogP contribution is -2.06. The molecule has 1 aromatic heterocycles. The van der Waals surface area contributed by atoms with E-state index in [9.17, 15) is 4.79 Å². The molecular formula is C8H12N2O3. The van der Waals surface area contributed by atoms with E-state index >= 15 is 0 Å². The van der Waals surface area contributed by atoms with E-state index in [4.69, 9.17) is 9.84 Å². The third kappa shape index (κ3) is 3.25. The number of hydrogen-bond acceptors (Lipinski definition) is 3. The molecule has 1 heterocycles. The molecule has 5 heteroatoms. The summed E-state index contributed by atoms with van der Waals surface area (Å²) in [4.78, 5) is 10.1. The summed E-state index contributed by atoms with van der Waals surface area (Å²) in [5.74, 6) is -0.956. The maximum atomic E-state index is 10.1. The number of carboxylic acid groups (broad SMARTS) is 1. The zero-order valence-electron chi connectivity index (χ0n) is 7.43. The highest BCUT2D eigenvalue weighted by Gasteiger charge is 1.99. The molecule has 1 N–H and O–H groups in total. The molecule has 1 rings (SSSR count). The van der Waals surface area contributed by atoms with Gasteiger partial charge in [0.25, 0.3) is 0 Å². The number of rotatable bonds is 5. The van der Waals surface area contributed by atoms with Gasteiger partial charge in [-0.15, -0.1) is 0 Å². The van der Waals surface area contributed by atoms with Crippen molar-refractivity contribution in [2.75, 3.05) is 6.61 Å². The quantitative estimate of drug-likeness (QED) is 0.723. The first kappa shape index (κ1) is 9.73. The van der Waals surface area contributed by atoms with Crippen LogP contribution in [0.1, 0.15) is 12.5 Å². The van der Waals surface area contributed by atoms with E-state index in [1.165, 1.54) is 0 Å². The molecule has 0 aliphatic carbocycles. The molecule has 0 radical (unpaired) electrons. The number of carbonyl (C=O) groups is 1. The first-order valence-electron chi connectivity index (χ1n) is 4.03. The summed E-state index contributed by atoms with van der Waals surface area (Å²) < 4.78 is 6.65. The molecule has 0 fully saturated rings. The maximum Gasteiger partial charge on any atom is 0.329 e. The number of aromatic nitrogens is 2. The van der Waals surface area contributed by atoms with Crippen molar-refractivity contribution in [2.45, 2.75) is 20.1 Å². The minimum atomic E-state index is -0.956. The number of ether oxygens (including phenoxy) is 1. The Morgan fingerprint density at radius 1 is 1.77 bits per heavy atom. The molecule has 72 valence electrons. The predicted molar refractivity (Wildman–Crippen MR) is 45.2 cm³/mol. The monoisotopic (exact) mass is 184 g/mol. The highest BCUT2D eigenvalue weighted by molar-refractivity contribution is 5.67. The van der Waals surface area contributed by atoms with Crippen LogP contribution in [0.2, 0.25) is 0 Å². The molecule has 0 aliphatic heterocycles. The molecule has 0 saturated carbocycles. The fourth-order valence-corrected chi connectivity index (χ4v) is 0.910. The zero-order chi connectivity index (χ0) is 9.68. The Morgan fingerprint density at radius 3 is 3.08 bits per heavy atom. The van der Waals surface area contributed by atoms with E-state index in [1.54, 1.807) is 10.9 Å². The average Bonchev–Trinajstić information content (AvgIpc) is 2.52. The van der Waals surface area contributed by atoms with Gasteiger partial charge in [0.1, 0.15) is 6.61 Å². The smallest absolute Gasteiger partial charge is 0.329 e. The van der Waals surface area contributed by atoms with E-state index in [0.717, 1.165) is 12.1 Å². The van der Waals surface area contributed by atoms with Crippen LogP contribution in [0, 0.1) is 0 Å². The lowest BCUT2D eigenvalue weighted by Gasteiger charge is -1.96. The topological polar surface area (TPSA) is 64.3 Å². The second kappa shape index (κ2) is 4.61. The normalized spacial score (nSPS) is 10.2. The predicted octanol–water partition coefficient (Wildman–Crippen LogP) is 0.504. The van der Waals surface area contributed by atoms with E-state index < -0.39 is 5.97 Å². The molecular weight excluding hydrogens is 172 g/mol. The molecule has 0 unspecified atom stereocenters. The van der Waals surface area contributed by atoms with Gasteiger partial charge in [-0.2, -0.15) is 5.10 Å². The minimum Gasteiger partial charge on any atom is -0.480 e. The molecule has 0 bridgehead atoms. The van der Waals surface area contributed by atoms with Gasteiger partial charge in [0.05, 0.1) is 12.8 Å². The van der Waals surface area contributed by atoms with Gasteiger partial charge >= 0.3 is 5.97 Å². The molecule has 0 atom stereocenters. The molecule has 5 nitrogen and oxygen atoms in total. The van der Waals surface area contributed by atoms with Crippen LogP contribution in [0.25, 0.3) is 0 Å². The van der Waals surface area contributed by atoms with Crippen LogP contribution in [0.3, 0.4) is 0 Å². The van der Waals surface area contributed by atoms with Crippen molar-refractivity contribution in [3.8, 4) is 0 Å². The van der Waals surface area contributed by atoms with E-state index in [1.807, 2.05) is 13.1 Å². The summed E-state index contributed by atoms with van der Waals surface area (Å²) in [5.41, 5.74) is 0.892. The first-order valence-corrected chi connectivity index (χ1v) is 4.03. The van der Waals surface area contributed by atoms with Crippen LogP contribution >= 0.6 is 0 Å². The lowest BCUT2D eigenvalue weighted by atomic mass is 10.4. The van der Waals surface area contributed by atoms with Crippen molar-refractivity contribution in [3.63, 3.8) is 0 Å². The SMILES string of the molecule is CCn1cc(COCC(=O)O)cn1. The number of nitrogens with zero attached hydrogens (tertiary/aromatic N) is 2. The fourth-order valence-electron chi connectivity index (χ4n) is 0.910. The number of carboxylic acids is 1. The second-order valence-corrected chi connectivity index (χ2v) is 2.59. The largest absolute Gasteiger partial charge is 0.480 e. The zero-order valence-corrected chi connectivity index (χ0v) is 7.43. The van der Waals surface area contributed by atoms with E-state index in [-0.39, 0.29) is 6.61 Å². The third-order valence-electron chi connectivity index (χ3n) is 1.50. The molecule has 0 amide bonds. The van der Waals surface area contributed by atoms with Crippen molar-refractivity contribution in [1.82, 2.24) is 9.78 Å². The Hall–Kier alpha value is -1.36. The van der Waals surface area contributed by atoms with Crippen LogP contribution in [-0.2, 0) is 22.7 Å². The Labute approximate surface area is 75.9 Å². The van der Waals surface area contributed by atoms with Crippen LogP contribution in [0.5, 0.6) is 0 Å². The molecule has 13 heavy (non-hydrogen) atoms. The van der Waals surface area contributed by atoms with Crippen LogP contribution in [0.15, 0.2) is 12.4 Å².